The quantitative estimate of drug-likeness (QED) is 0.348. The molecule has 2 fully saturated rings. The number of methoxy groups -OCH3 is 1. The third kappa shape index (κ3) is 6.38. The summed E-state index contributed by atoms with van der Waals surface area (Å²) in [6.45, 7) is 3.16. The molecule has 2 aliphatic rings. The molecule has 2 amide bonds. The van der Waals surface area contributed by atoms with E-state index in [1.54, 1.807) is 13.2 Å². The van der Waals surface area contributed by atoms with Crippen molar-refractivity contribution in [3.05, 3.63) is 82.3 Å². The van der Waals surface area contributed by atoms with Crippen LogP contribution in [-0.2, 0) is 0 Å². The van der Waals surface area contributed by atoms with E-state index in [2.05, 4.69) is 42.4 Å². The van der Waals surface area contributed by atoms with Crippen molar-refractivity contribution < 1.29 is 14.3 Å². The van der Waals surface area contributed by atoms with Gasteiger partial charge >= 0.3 is 0 Å². The van der Waals surface area contributed by atoms with Gasteiger partial charge in [-0.3, -0.25) is 9.59 Å². The number of nitrogens with zero attached hydrogens (tertiary/aromatic N) is 2. The van der Waals surface area contributed by atoms with E-state index in [9.17, 15) is 9.59 Å². The van der Waals surface area contributed by atoms with Crippen LogP contribution < -0.4 is 25.2 Å². The molecule has 5 rings (SSSR count). The van der Waals surface area contributed by atoms with Gasteiger partial charge in [0.05, 0.1) is 23.9 Å². The third-order valence-corrected chi connectivity index (χ3v) is 8.30. The number of carbonyl (C=O) groups excluding carboxylic acids is 2. The Morgan fingerprint density at radius 3 is 2.18 bits per heavy atom. The summed E-state index contributed by atoms with van der Waals surface area (Å²) >= 11 is 3.45. The molecule has 1 heterocycles. The highest BCUT2D eigenvalue weighted by Gasteiger charge is 2.25. The van der Waals surface area contributed by atoms with Crippen LogP contribution in [0.15, 0.2) is 71.2 Å². The fourth-order valence-electron chi connectivity index (χ4n) is 5.50. The molecular weight excluding hydrogens is 556 g/mol. The zero-order valence-electron chi connectivity index (χ0n) is 22.3. The highest BCUT2D eigenvalue weighted by Crippen LogP contribution is 2.31. The summed E-state index contributed by atoms with van der Waals surface area (Å²) in [6, 6.07) is 21.2. The number of ether oxygens (including phenoxy) is 1. The van der Waals surface area contributed by atoms with Crippen LogP contribution in [0.25, 0.3) is 0 Å². The average molecular weight is 592 g/mol. The second-order valence-corrected chi connectivity index (χ2v) is 11.0. The lowest BCUT2D eigenvalue weighted by Gasteiger charge is -2.38. The number of hydrogen-bond donors (Lipinski definition) is 2. The number of carbonyl (C=O) groups is 2. The topological polar surface area (TPSA) is 73.9 Å². The summed E-state index contributed by atoms with van der Waals surface area (Å²) in [5, 5.41) is 6.25. The zero-order valence-corrected chi connectivity index (χ0v) is 23.9. The SMILES string of the molecule is COc1ccccc1N1CCN(c2ccc(NC(=O)c3ccccc3Br)cc2C(=O)NC2CCCCC2)CC1. The molecule has 1 saturated carbocycles. The van der Waals surface area contributed by atoms with Crippen molar-refractivity contribution in [1.29, 1.82) is 0 Å². The van der Waals surface area contributed by atoms with Gasteiger partial charge in [0.25, 0.3) is 11.8 Å². The van der Waals surface area contributed by atoms with Crippen molar-refractivity contribution in [3.8, 4) is 5.75 Å². The van der Waals surface area contributed by atoms with E-state index < -0.39 is 0 Å². The van der Waals surface area contributed by atoms with E-state index in [1.807, 2.05) is 54.6 Å². The number of para-hydroxylation sites is 2. The highest BCUT2D eigenvalue weighted by atomic mass is 79.9. The van der Waals surface area contributed by atoms with Gasteiger partial charge < -0.3 is 25.2 Å². The van der Waals surface area contributed by atoms with E-state index in [0.717, 1.165) is 73.5 Å². The van der Waals surface area contributed by atoms with Crippen LogP contribution in [0.1, 0.15) is 52.8 Å². The summed E-state index contributed by atoms with van der Waals surface area (Å²) in [5.74, 6) is 0.559. The fourth-order valence-corrected chi connectivity index (χ4v) is 5.97. The lowest BCUT2D eigenvalue weighted by molar-refractivity contribution is 0.0927. The summed E-state index contributed by atoms with van der Waals surface area (Å²) < 4.78 is 6.30. The molecule has 39 heavy (non-hydrogen) atoms. The van der Waals surface area contributed by atoms with Crippen molar-refractivity contribution in [2.75, 3.05) is 48.4 Å². The molecule has 0 atom stereocenters. The van der Waals surface area contributed by atoms with E-state index >= 15 is 0 Å². The molecule has 1 aliphatic carbocycles. The van der Waals surface area contributed by atoms with Crippen LogP contribution in [0.2, 0.25) is 0 Å². The molecule has 2 N–H and O–H groups in total. The fraction of sp³-hybridized carbons (Fsp3) is 0.355. The Hall–Kier alpha value is -3.52. The van der Waals surface area contributed by atoms with Gasteiger partial charge in [-0.05, 0) is 71.2 Å². The molecule has 3 aromatic rings. The van der Waals surface area contributed by atoms with Crippen LogP contribution in [0.4, 0.5) is 17.1 Å². The maximum atomic E-state index is 13.6. The van der Waals surface area contributed by atoms with E-state index in [4.69, 9.17) is 4.74 Å². The Balaban J connectivity index is 1.37. The minimum absolute atomic E-state index is 0.0824. The van der Waals surface area contributed by atoms with Gasteiger partial charge in [-0.15, -0.1) is 0 Å². The smallest absolute Gasteiger partial charge is 0.256 e. The summed E-state index contributed by atoms with van der Waals surface area (Å²) in [5.41, 5.74) is 3.71. The Bertz CT molecular complexity index is 1320. The lowest BCUT2D eigenvalue weighted by Crippen LogP contribution is -2.47. The second kappa shape index (κ2) is 12.6. The van der Waals surface area contributed by atoms with Gasteiger partial charge in [0.2, 0.25) is 0 Å². The van der Waals surface area contributed by atoms with Gasteiger partial charge in [0.15, 0.2) is 0 Å². The maximum Gasteiger partial charge on any atom is 0.256 e. The first kappa shape index (κ1) is 27.1. The van der Waals surface area contributed by atoms with Crippen molar-refractivity contribution in [2.24, 2.45) is 0 Å². The predicted octanol–water partition coefficient (Wildman–Crippen LogP) is 6.10. The predicted molar refractivity (Wildman–Crippen MR) is 160 cm³/mol. The molecule has 0 bridgehead atoms. The van der Waals surface area contributed by atoms with Gasteiger partial charge in [-0.25, -0.2) is 0 Å². The molecule has 0 aromatic heterocycles. The standard InChI is InChI=1S/C31H35BrN4O3/c1-39-29-14-8-7-13-28(29)36-19-17-35(18-20-36)27-16-15-23(34-30(37)24-11-5-6-12-26(24)32)21-25(27)31(38)33-22-9-3-2-4-10-22/h5-8,11-16,21-22H,2-4,9-10,17-20H2,1H3,(H,33,38)(H,34,37). The Morgan fingerprint density at radius 2 is 1.46 bits per heavy atom. The highest BCUT2D eigenvalue weighted by molar-refractivity contribution is 9.10. The molecule has 0 unspecified atom stereocenters. The van der Waals surface area contributed by atoms with Gasteiger partial charge in [0.1, 0.15) is 5.75 Å². The van der Waals surface area contributed by atoms with Crippen LogP contribution in [-0.4, -0.2) is 51.1 Å². The number of rotatable bonds is 7. The minimum Gasteiger partial charge on any atom is -0.495 e. The van der Waals surface area contributed by atoms with Crippen molar-refractivity contribution in [1.82, 2.24) is 5.32 Å². The van der Waals surface area contributed by atoms with Crippen molar-refractivity contribution >= 4 is 44.8 Å². The normalized spacial score (nSPS) is 16.1. The Morgan fingerprint density at radius 1 is 0.795 bits per heavy atom. The minimum atomic E-state index is -0.223. The number of benzene rings is 3. The lowest BCUT2D eigenvalue weighted by atomic mass is 9.95. The van der Waals surface area contributed by atoms with Crippen LogP contribution in [0.5, 0.6) is 5.75 Å². The molecule has 7 nitrogen and oxygen atoms in total. The number of halogens is 1. The van der Waals surface area contributed by atoms with E-state index in [0.29, 0.717) is 16.8 Å². The monoisotopic (exact) mass is 590 g/mol. The number of hydrogen-bond acceptors (Lipinski definition) is 5. The van der Waals surface area contributed by atoms with Crippen LogP contribution >= 0.6 is 15.9 Å². The van der Waals surface area contributed by atoms with Gasteiger partial charge in [-0.2, -0.15) is 0 Å². The molecule has 0 spiro atoms. The number of nitrogens with one attached hydrogen (secondary N) is 2. The first-order valence-corrected chi connectivity index (χ1v) is 14.5. The van der Waals surface area contributed by atoms with Gasteiger partial charge in [0, 0.05) is 48.1 Å². The number of amides is 2. The van der Waals surface area contributed by atoms with Gasteiger partial charge in [-0.1, -0.05) is 43.5 Å². The van der Waals surface area contributed by atoms with Crippen LogP contribution in [0.3, 0.4) is 0 Å². The Kier molecular flexibility index (Phi) is 8.71. The molecule has 8 heteroatoms. The zero-order chi connectivity index (χ0) is 27.2. The summed E-state index contributed by atoms with van der Waals surface area (Å²) in [7, 11) is 1.70. The molecule has 204 valence electrons. The largest absolute Gasteiger partial charge is 0.495 e. The van der Waals surface area contributed by atoms with Crippen molar-refractivity contribution in [3.63, 3.8) is 0 Å². The summed E-state index contributed by atoms with van der Waals surface area (Å²) in [4.78, 5) is 31.2. The first-order chi connectivity index (χ1) is 19.0. The first-order valence-electron chi connectivity index (χ1n) is 13.7. The molecule has 1 aliphatic heterocycles. The van der Waals surface area contributed by atoms with Crippen LogP contribution in [0, 0.1) is 0 Å². The van der Waals surface area contributed by atoms with E-state index in [-0.39, 0.29) is 17.9 Å². The molecule has 0 radical (unpaired) electrons. The molecule has 1 saturated heterocycles. The summed E-state index contributed by atoms with van der Waals surface area (Å²) in [6.07, 6.45) is 5.54. The second-order valence-electron chi connectivity index (χ2n) is 10.1. The van der Waals surface area contributed by atoms with Crippen molar-refractivity contribution in [2.45, 2.75) is 38.1 Å². The number of piperazine rings is 1. The molecular formula is C31H35BrN4O3. The molecule has 3 aromatic carbocycles. The van der Waals surface area contributed by atoms with E-state index in [1.165, 1.54) is 6.42 Å². The third-order valence-electron chi connectivity index (χ3n) is 7.60. The number of anilines is 3. The average Bonchev–Trinajstić information content (AvgIpc) is 2.98. The Labute approximate surface area is 238 Å². The maximum absolute atomic E-state index is 13.6.